The second-order valence-corrected chi connectivity index (χ2v) is 16.1. The van der Waals surface area contributed by atoms with Crippen molar-refractivity contribution >= 4 is 27.0 Å². The van der Waals surface area contributed by atoms with Crippen LogP contribution < -0.4 is 0 Å². The zero-order valence-corrected chi connectivity index (χ0v) is 24.4. The van der Waals surface area contributed by atoms with E-state index in [2.05, 4.69) is 0 Å². The molecule has 0 aliphatic heterocycles. The molecule has 0 aliphatic carbocycles. The van der Waals surface area contributed by atoms with E-state index in [1.165, 1.54) is 0 Å². The third-order valence-corrected chi connectivity index (χ3v) is 12.9. The number of thioether (sulfide) groups is 1. The topological polar surface area (TPSA) is 91.3 Å². The third-order valence-electron chi connectivity index (χ3n) is 4.72. The van der Waals surface area contributed by atoms with Gasteiger partial charge in [-0.3, -0.25) is 9.13 Å². The Balaban J connectivity index is 3.82. The second kappa shape index (κ2) is 12.1. The lowest BCUT2D eigenvalue weighted by molar-refractivity contribution is 0.203. The monoisotopic (exact) mass is 524 g/mol. The van der Waals surface area contributed by atoms with Gasteiger partial charge in [-0.25, -0.2) is 0 Å². The lowest BCUT2D eigenvalue weighted by atomic mass is 9.79. The molecule has 10 heteroatoms. The van der Waals surface area contributed by atoms with Crippen LogP contribution in [0, 0.1) is 0 Å². The molecule has 0 aliphatic rings. The molecule has 33 heavy (non-hydrogen) atoms. The first-order valence-corrected chi connectivity index (χ1v) is 15.5. The molecule has 0 unspecified atom stereocenters. The second-order valence-electron chi connectivity index (χ2n) is 9.56. The SMILES string of the molecule is CCOP(=O)(OCC)C(Sc1cc(C(C)(C)C)c(O)c(C(C)(C)C)c1)P(=O)(OCC)OCC. The van der Waals surface area contributed by atoms with Crippen LogP contribution in [0.25, 0.3) is 0 Å². The average Bonchev–Trinajstić information content (AvgIpc) is 2.65. The number of phenols is 1. The molecule has 1 aromatic carbocycles. The molecule has 1 N–H and O–H groups in total. The number of hydrogen-bond acceptors (Lipinski definition) is 8. The Morgan fingerprint density at radius 1 is 0.758 bits per heavy atom. The zero-order valence-electron chi connectivity index (χ0n) is 21.8. The summed E-state index contributed by atoms with van der Waals surface area (Å²) in [5.41, 5.74) is 0.759. The van der Waals surface area contributed by atoms with Crippen LogP contribution in [0.5, 0.6) is 5.75 Å². The van der Waals surface area contributed by atoms with Crippen molar-refractivity contribution < 1.29 is 32.3 Å². The fourth-order valence-corrected chi connectivity index (χ4v) is 10.7. The molecule has 1 aromatic rings. The van der Waals surface area contributed by atoms with E-state index in [1.807, 2.05) is 53.7 Å². The summed E-state index contributed by atoms with van der Waals surface area (Å²) in [7, 11) is -7.82. The highest BCUT2D eigenvalue weighted by Gasteiger charge is 2.52. The van der Waals surface area contributed by atoms with Crippen molar-refractivity contribution in [3.05, 3.63) is 23.3 Å². The molecule has 0 amide bonds. The number of phenolic OH excluding ortho intramolecular Hbond substituents is 1. The maximum atomic E-state index is 13.9. The summed E-state index contributed by atoms with van der Waals surface area (Å²) in [5, 5.41) is 11.1. The summed E-state index contributed by atoms with van der Waals surface area (Å²) in [6.45, 7) is 19.3. The first kappa shape index (κ1) is 30.7. The normalized spacial score (nSPS) is 13.7. The number of rotatable bonds is 12. The molecular weight excluding hydrogens is 482 g/mol. The van der Waals surface area contributed by atoms with Gasteiger partial charge < -0.3 is 23.2 Å². The van der Waals surface area contributed by atoms with E-state index in [-0.39, 0.29) is 43.0 Å². The Bertz CT molecular complexity index is 790. The van der Waals surface area contributed by atoms with E-state index in [9.17, 15) is 14.2 Å². The molecule has 0 bridgehead atoms. The van der Waals surface area contributed by atoms with Crippen LogP contribution in [0.3, 0.4) is 0 Å². The largest absolute Gasteiger partial charge is 0.507 e. The standard InChI is InChI=1S/C23H42O7P2S/c1-11-27-31(25,28-12-2)21(32(26,29-13-3)30-14-4)33-17-15-18(22(5,6)7)20(24)19(16-17)23(8,9)10/h15-16,21,24H,11-14H2,1-10H3. The number of hydrogen-bond donors (Lipinski definition) is 1. The van der Waals surface area contributed by atoms with Gasteiger partial charge in [-0.15, -0.1) is 0 Å². The molecule has 7 nitrogen and oxygen atoms in total. The van der Waals surface area contributed by atoms with Gasteiger partial charge in [0.25, 0.3) is 0 Å². The average molecular weight is 525 g/mol. The minimum atomic E-state index is -3.91. The summed E-state index contributed by atoms with van der Waals surface area (Å²) in [6, 6.07) is 3.68. The highest BCUT2D eigenvalue weighted by atomic mass is 32.2. The van der Waals surface area contributed by atoms with Crippen LogP contribution >= 0.6 is 27.0 Å². The molecule has 1 rings (SSSR count). The van der Waals surface area contributed by atoms with Crippen LogP contribution in [-0.4, -0.2) is 36.3 Å². The van der Waals surface area contributed by atoms with Crippen LogP contribution in [0.2, 0.25) is 0 Å². The van der Waals surface area contributed by atoms with Crippen molar-refractivity contribution in [1.29, 1.82) is 0 Å². The molecular formula is C23H42O7P2S. The highest BCUT2D eigenvalue weighted by Crippen LogP contribution is 2.75. The van der Waals surface area contributed by atoms with Gasteiger partial charge in [0, 0.05) is 16.0 Å². The van der Waals surface area contributed by atoms with Gasteiger partial charge in [0.15, 0.2) is 0 Å². The van der Waals surface area contributed by atoms with Crippen molar-refractivity contribution in [2.75, 3.05) is 26.4 Å². The molecule has 0 atom stereocenters. The fraction of sp³-hybridized carbons (Fsp3) is 0.739. The molecule has 0 fully saturated rings. The van der Waals surface area contributed by atoms with Gasteiger partial charge in [-0.05, 0) is 50.7 Å². The van der Waals surface area contributed by atoms with Crippen LogP contribution in [0.4, 0.5) is 0 Å². The quantitative estimate of drug-likeness (QED) is 0.218. The number of benzene rings is 1. The fourth-order valence-electron chi connectivity index (χ4n) is 3.29. The maximum Gasteiger partial charge on any atom is 0.356 e. The van der Waals surface area contributed by atoms with Gasteiger partial charge in [0.05, 0.1) is 26.4 Å². The minimum Gasteiger partial charge on any atom is -0.507 e. The highest BCUT2D eigenvalue weighted by molar-refractivity contribution is 8.12. The molecule has 0 aromatic heterocycles. The molecule has 0 spiro atoms. The Kier molecular flexibility index (Phi) is 11.2. The van der Waals surface area contributed by atoms with Crippen LogP contribution in [-0.2, 0) is 38.1 Å². The third kappa shape index (κ3) is 7.83. The van der Waals surface area contributed by atoms with Gasteiger partial charge in [-0.1, -0.05) is 53.3 Å². The smallest absolute Gasteiger partial charge is 0.356 e. The lowest BCUT2D eigenvalue weighted by Gasteiger charge is -2.32. The lowest BCUT2D eigenvalue weighted by Crippen LogP contribution is -2.18. The Morgan fingerprint density at radius 2 is 1.06 bits per heavy atom. The zero-order chi connectivity index (χ0) is 25.7. The van der Waals surface area contributed by atoms with Crippen molar-refractivity contribution in [2.24, 2.45) is 0 Å². The van der Waals surface area contributed by atoms with Crippen LogP contribution in [0.1, 0.15) is 80.4 Å². The van der Waals surface area contributed by atoms with E-state index >= 15 is 0 Å². The molecule has 0 heterocycles. The van der Waals surface area contributed by atoms with E-state index in [4.69, 9.17) is 18.1 Å². The van der Waals surface area contributed by atoms with E-state index in [0.717, 1.165) is 22.9 Å². The summed E-state index contributed by atoms with van der Waals surface area (Å²) in [5.74, 6) is 0.228. The van der Waals surface area contributed by atoms with E-state index in [0.29, 0.717) is 4.90 Å². The summed E-state index contributed by atoms with van der Waals surface area (Å²) < 4.78 is 48.9. The van der Waals surface area contributed by atoms with Gasteiger partial charge in [-0.2, -0.15) is 0 Å². The Labute approximate surface area is 204 Å². The van der Waals surface area contributed by atoms with Gasteiger partial charge in [0.1, 0.15) is 5.75 Å². The molecule has 0 saturated carbocycles. The van der Waals surface area contributed by atoms with Crippen LogP contribution in [0.15, 0.2) is 17.0 Å². The van der Waals surface area contributed by atoms with Crippen molar-refractivity contribution in [3.63, 3.8) is 0 Å². The summed E-state index contributed by atoms with van der Waals surface area (Å²) in [6.07, 6.45) is 0. The minimum absolute atomic E-state index is 0.114. The first-order valence-electron chi connectivity index (χ1n) is 11.4. The van der Waals surface area contributed by atoms with E-state index < -0.39 is 19.9 Å². The van der Waals surface area contributed by atoms with Crippen molar-refractivity contribution in [2.45, 2.75) is 89.7 Å². The molecule has 0 radical (unpaired) electrons. The molecule has 0 saturated heterocycles. The van der Waals surface area contributed by atoms with Crippen molar-refractivity contribution in [3.8, 4) is 5.75 Å². The van der Waals surface area contributed by atoms with Crippen molar-refractivity contribution in [1.82, 2.24) is 0 Å². The van der Waals surface area contributed by atoms with Gasteiger partial charge in [0.2, 0.25) is 4.73 Å². The summed E-state index contributed by atoms with van der Waals surface area (Å²) in [4.78, 5) is 0.673. The first-order chi connectivity index (χ1) is 15.1. The molecule has 192 valence electrons. The maximum absolute atomic E-state index is 13.9. The Morgan fingerprint density at radius 3 is 1.30 bits per heavy atom. The summed E-state index contributed by atoms with van der Waals surface area (Å²) >= 11 is 1.09. The predicted octanol–water partition coefficient (Wildman–Crippen LogP) is 7.90. The number of aromatic hydroxyl groups is 1. The predicted molar refractivity (Wildman–Crippen MR) is 137 cm³/mol. The van der Waals surface area contributed by atoms with E-state index in [1.54, 1.807) is 27.7 Å². The Hall–Kier alpha value is -0.330. The van der Waals surface area contributed by atoms with Gasteiger partial charge >= 0.3 is 15.2 Å².